The molecule has 1 aromatic rings. The van der Waals surface area contributed by atoms with Gasteiger partial charge in [0.2, 0.25) is 6.79 Å². The van der Waals surface area contributed by atoms with E-state index in [1.807, 2.05) is 6.92 Å². The minimum absolute atomic E-state index is 0.0642. The summed E-state index contributed by atoms with van der Waals surface area (Å²) >= 11 is 0. The van der Waals surface area contributed by atoms with Crippen LogP contribution in [0.15, 0.2) is 18.2 Å². The highest BCUT2D eigenvalue weighted by Gasteiger charge is 2.22. The van der Waals surface area contributed by atoms with Crippen LogP contribution in [0.4, 0.5) is 0 Å². The van der Waals surface area contributed by atoms with E-state index in [2.05, 4.69) is 5.32 Å². The SMILES string of the molecule is CC(CN)NC(=O)c1cccc2c1OCO2. The Morgan fingerprint density at radius 3 is 3.12 bits per heavy atom. The van der Waals surface area contributed by atoms with Crippen molar-refractivity contribution in [3.05, 3.63) is 23.8 Å². The van der Waals surface area contributed by atoms with Gasteiger partial charge in [-0.15, -0.1) is 0 Å². The molecule has 1 amide bonds. The van der Waals surface area contributed by atoms with E-state index in [1.54, 1.807) is 18.2 Å². The van der Waals surface area contributed by atoms with Crippen LogP contribution in [0.3, 0.4) is 0 Å². The summed E-state index contributed by atoms with van der Waals surface area (Å²) in [5.41, 5.74) is 5.92. The summed E-state index contributed by atoms with van der Waals surface area (Å²) in [5.74, 6) is 0.914. The molecule has 5 heteroatoms. The summed E-state index contributed by atoms with van der Waals surface area (Å²) in [4.78, 5) is 11.9. The van der Waals surface area contributed by atoms with Gasteiger partial charge in [0.05, 0.1) is 5.56 Å². The minimum Gasteiger partial charge on any atom is -0.454 e. The van der Waals surface area contributed by atoms with Crippen molar-refractivity contribution in [3.8, 4) is 11.5 Å². The van der Waals surface area contributed by atoms with E-state index in [9.17, 15) is 4.79 Å². The Kier molecular flexibility index (Phi) is 2.96. The normalized spacial score (nSPS) is 14.6. The molecule has 1 aliphatic rings. The third kappa shape index (κ3) is 1.94. The molecule has 0 spiro atoms. The molecule has 1 atom stereocenters. The van der Waals surface area contributed by atoms with E-state index in [0.717, 1.165) is 0 Å². The predicted octanol–water partition coefficient (Wildman–Crippen LogP) is 0.492. The molecule has 0 aliphatic carbocycles. The fourth-order valence-corrected chi connectivity index (χ4v) is 1.47. The van der Waals surface area contributed by atoms with Crippen molar-refractivity contribution in [2.75, 3.05) is 13.3 Å². The lowest BCUT2D eigenvalue weighted by Crippen LogP contribution is -2.37. The molecule has 16 heavy (non-hydrogen) atoms. The topological polar surface area (TPSA) is 73.6 Å². The highest BCUT2D eigenvalue weighted by Crippen LogP contribution is 2.35. The lowest BCUT2D eigenvalue weighted by Gasteiger charge is -2.12. The average Bonchev–Trinajstić information content (AvgIpc) is 2.76. The van der Waals surface area contributed by atoms with Gasteiger partial charge in [-0.05, 0) is 19.1 Å². The van der Waals surface area contributed by atoms with Crippen LogP contribution in [0.25, 0.3) is 0 Å². The lowest BCUT2D eigenvalue weighted by atomic mass is 10.1. The number of hydrogen-bond acceptors (Lipinski definition) is 4. The number of hydrogen-bond donors (Lipinski definition) is 2. The smallest absolute Gasteiger partial charge is 0.255 e. The van der Waals surface area contributed by atoms with Crippen molar-refractivity contribution in [2.24, 2.45) is 5.73 Å². The van der Waals surface area contributed by atoms with E-state index < -0.39 is 0 Å². The van der Waals surface area contributed by atoms with Crippen LogP contribution in [0, 0.1) is 0 Å². The van der Waals surface area contributed by atoms with Crippen molar-refractivity contribution < 1.29 is 14.3 Å². The van der Waals surface area contributed by atoms with Crippen LogP contribution in [0.5, 0.6) is 11.5 Å². The molecule has 3 N–H and O–H groups in total. The van der Waals surface area contributed by atoms with E-state index in [0.29, 0.717) is 23.6 Å². The van der Waals surface area contributed by atoms with Gasteiger partial charge in [0.25, 0.3) is 5.91 Å². The fourth-order valence-electron chi connectivity index (χ4n) is 1.47. The zero-order valence-corrected chi connectivity index (χ0v) is 9.03. The van der Waals surface area contributed by atoms with E-state index in [4.69, 9.17) is 15.2 Å². The minimum atomic E-state index is -0.194. The summed E-state index contributed by atoms with van der Waals surface area (Å²) in [6.45, 7) is 2.41. The molecule has 0 aromatic heterocycles. The van der Waals surface area contributed by atoms with E-state index in [-0.39, 0.29) is 18.7 Å². The molecule has 0 fully saturated rings. The molecule has 2 rings (SSSR count). The van der Waals surface area contributed by atoms with Gasteiger partial charge in [-0.1, -0.05) is 6.07 Å². The summed E-state index contributed by atoms with van der Waals surface area (Å²) in [6, 6.07) is 5.17. The van der Waals surface area contributed by atoms with Crippen LogP contribution >= 0.6 is 0 Å². The number of carbonyl (C=O) groups is 1. The first-order valence-electron chi connectivity index (χ1n) is 5.12. The van der Waals surface area contributed by atoms with Gasteiger partial charge in [-0.25, -0.2) is 0 Å². The average molecular weight is 222 g/mol. The molecule has 0 radical (unpaired) electrons. The molecule has 1 aliphatic heterocycles. The van der Waals surface area contributed by atoms with Gasteiger partial charge in [0.1, 0.15) is 0 Å². The fraction of sp³-hybridized carbons (Fsp3) is 0.364. The van der Waals surface area contributed by atoms with E-state index in [1.165, 1.54) is 0 Å². The molecular weight excluding hydrogens is 208 g/mol. The van der Waals surface area contributed by atoms with Crippen LogP contribution in [-0.4, -0.2) is 25.3 Å². The maximum Gasteiger partial charge on any atom is 0.255 e. The number of para-hydroxylation sites is 1. The second kappa shape index (κ2) is 4.40. The molecule has 5 nitrogen and oxygen atoms in total. The summed E-state index contributed by atoms with van der Waals surface area (Å²) < 4.78 is 10.4. The number of carbonyl (C=O) groups excluding carboxylic acids is 1. The first kappa shape index (κ1) is 10.8. The zero-order valence-electron chi connectivity index (χ0n) is 9.03. The third-order valence-electron chi connectivity index (χ3n) is 2.37. The molecular formula is C11H14N2O3. The van der Waals surface area contributed by atoms with Gasteiger partial charge in [-0.3, -0.25) is 4.79 Å². The number of fused-ring (bicyclic) bond motifs is 1. The Bertz CT molecular complexity index is 406. The number of amides is 1. The van der Waals surface area contributed by atoms with Crippen molar-refractivity contribution in [3.63, 3.8) is 0 Å². The predicted molar refractivity (Wildman–Crippen MR) is 58.5 cm³/mol. The number of benzene rings is 1. The van der Waals surface area contributed by atoms with Crippen LogP contribution in [-0.2, 0) is 0 Å². The Morgan fingerprint density at radius 1 is 1.56 bits per heavy atom. The van der Waals surface area contributed by atoms with Gasteiger partial charge in [0.15, 0.2) is 11.5 Å². The highest BCUT2D eigenvalue weighted by atomic mass is 16.7. The molecule has 0 bridgehead atoms. The molecule has 1 heterocycles. The van der Waals surface area contributed by atoms with Crippen molar-refractivity contribution in [1.29, 1.82) is 0 Å². The maximum absolute atomic E-state index is 11.9. The largest absolute Gasteiger partial charge is 0.454 e. The van der Waals surface area contributed by atoms with Crippen molar-refractivity contribution >= 4 is 5.91 Å². The second-order valence-corrected chi connectivity index (χ2v) is 3.65. The second-order valence-electron chi connectivity index (χ2n) is 3.65. The Morgan fingerprint density at radius 2 is 2.38 bits per heavy atom. The number of rotatable bonds is 3. The highest BCUT2D eigenvalue weighted by molar-refractivity contribution is 5.98. The van der Waals surface area contributed by atoms with Gasteiger partial charge in [-0.2, -0.15) is 0 Å². The standard InChI is InChI=1S/C11H14N2O3/c1-7(5-12)13-11(14)8-3-2-4-9-10(8)16-6-15-9/h2-4,7H,5-6,12H2,1H3,(H,13,14). The number of nitrogens with one attached hydrogen (secondary N) is 1. The van der Waals surface area contributed by atoms with Gasteiger partial charge >= 0.3 is 0 Å². The molecule has 0 saturated carbocycles. The number of ether oxygens (including phenoxy) is 2. The molecule has 0 saturated heterocycles. The Labute approximate surface area is 93.5 Å². The van der Waals surface area contributed by atoms with Crippen LogP contribution in [0.1, 0.15) is 17.3 Å². The van der Waals surface area contributed by atoms with Crippen molar-refractivity contribution in [1.82, 2.24) is 5.32 Å². The molecule has 86 valence electrons. The first-order valence-corrected chi connectivity index (χ1v) is 5.12. The summed E-state index contributed by atoms with van der Waals surface area (Å²) in [7, 11) is 0. The summed E-state index contributed by atoms with van der Waals surface area (Å²) in [5, 5.41) is 2.78. The quantitative estimate of drug-likeness (QED) is 0.780. The first-order chi connectivity index (χ1) is 7.72. The zero-order chi connectivity index (χ0) is 11.5. The Hall–Kier alpha value is -1.75. The molecule has 1 unspecified atom stereocenters. The van der Waals surface area contributed by atoms with Crippen LogP contribution in [0.2, 0.25) is 0 Å². The third-order valence-corrected chi connectivity index (χ3v) is 2.37. The Balaban J connectivity index is 2.21. The van der Waals surface area contributed by atoms with Crippen molar-refractivity contribution in [2.45, 2.75) is 13.0 Å². The summed E-state index contributed by atoms with van der Waals surface area (Å²) in [6.07, 6.45) is 0. The van der Waals surface area contributed by atoms with Gasteiger partial charge < -0.3 is 20.5 Å². The van der Waals surface area contributed by atoms with Gasteiger partial charge in [0, 0.05) is 12.6 Å². The maximum atomic E-state index is 11.9. The monoisotopic (exact) mass is 222 g/mol. The molecule has 1 aromatic carbocycles. The van der Waals surface area contributed by atoms with Crippen LogP contribution < -0.4 is 20.5 Å². The lowest BCUT2D eigenvalue weighted by molar-refractivity contribution is 0.0936. The number of nitrogens with two attached hydrogens (primary N) is 1. The van der Waals surface area contributed by atoms with E-state index >= 15 is 0 Å².